The number of ether oxygens (including phenoxy) is 2. The summed E-state index contributed by atoms with van der Waals surface area (Å²) in [6.45, 7) is 1.64. The van der Waals surface area contributed by atoms with Crippen LogP contribution in [0.15, 0.2) is 30.3 Å². The molecule has 4 aliphatic rings. The third-order valence-corrected chi connectivity index (χ3v) is 8.67. The Morgan fingerprint density at radius 3 is 2.70 bits per heavy atom. The van der Waals surface area contributed by atoms with E-state index >= 15 is 0 Å². The Hall–Kier alpha value is -3.05. The van der Waals surface area contributed by atoms with Crippen LogP contribution >= 0.6 is 0 Å². The summed E-state index contributed by atoms with van der Waals surface area (Å²) in [5.74, 6) is -4.14. The van der Waals surface area contributed by atoms with Crippen molar-refractivity contribution in [1.82, 2.24) is 10.4 Å². The first kappa shape index (κ1) is 28.5. The summed E-state index contributed by atoms with van der Waals surface area (Å²) in [5, 5.41) is 0. The normalized spacial score (nSPS) is 26.5. The van der Waals surface area contributed by atoms with Gasteiger partial charge in [0.15, 0.2) is 0 Å². The molecular formula is C29H35F4N3O4. The van der Waals surface area contributed by atoms with Gasteiger partial charge in [0.2, 0.25) is 5.88 Å². The zero-order valence-electron chi connectivity index (χ0n) is 22.4. The molecule has 7 nitrogen and oxygen atoms in total. The molecule has 0 amide bonds. The van der Waals surface area contributed by atoms with E-state index in [1.165, 1.54) is 6.07 Å². The molecule has 0 bridgehead atoms. The van der Waals surface area contributed by atoms with E-state index < -0.39 is 47.6 Å². The molecule has 2 aliphatic heterocycles. The van der Waals surface area contributed by atoms with Gasteiger partial charge in [-0.05, 0) is 50.3 Å². The third-order valence-electron chi connectivity index (χ3n) is 8.67. The van der Waals surface area contributed by atoms with Crippen LogP contribution in [0.1, 0.15) is 63.3 Å². The number of benzene rings is 1. The average Bonchev–Trinajstić information content (AvgIpc) is 3.28. The Morgan fingerprint density at radius 2 is 2.02 bits per heavy atom. The number of rotatable bonds is 4. The smallest absolute Gasteiger partial charge is 0.394 e. The number of methoxy groups -OCH3 is 1. The van der Waals surface area contributed by atoms with Crippen LogP contribution in [0.5, 0.6) is 5.88 Å². The molecule has 11 heteroatoms. The van der Waals surface area contributed by atoms with Crippen molar-refractivity contribution >= 4 is 17.3 Å². The number of anilines is 1. The van der Waals surface area contributed by atoms with Gasteiger partial charge in [0.1, 0.15) is 17.4 Å². The lowest BCUT2D eigenvalue weighted by atomic mass is 9.54. The highest BCUT2D eigenvalue weighted by molar-refractivity contribution is 5.98. The van der Waals surface area contributed by atoms with Crippen LogP contribution in [-0.4, -0.2) is 43.1 Å². The fourth-order valence-corrected chi connectivity index (χ4v) is 6.44. The van der Waals surface area contributed by atoms with Crippen LogP contribution in [0, 0.1) is 23.6 Å². The monoisotopic (exact) mass is 565 g/mol. The third kappa shape index (κ3) is 5.21. The fraction of sp³-hybridized carbons (Fsp3) is 0.552. The number of alkyl halides is 3. The first-order chi connectivity index (χ1) is 19.0. The molecule has 1 spiro atoms. The van der Waals surface area contributed by atoms with Gasteiger partial charge in [-0.2, -0.15) is 13.2 Å². The standard InChI is InChI=1S/C21H22F4O3.C8H11N3O.H2/c22-16-4-1-3-12-9-13(19(27)20(18(12)16)6-2-7-20)10-17(26)14-5-8-28-11-15(14)21(23,24)25;1-5-8-6(11-10-5)3-4-7(9-8)12-2;/h1,3-4,13-15H,2,5-11H2;3-5,10-11H,1-2H3;1H. The van der Waals surface area contributed by atoms with Crippen LogP contribution < -0.4 is 15.6 Å². The minimum absolute atomic E-state index is 0. The molecule has 1 aromatic heterocycles. The van der Waals surface area contributed by atoms with Gasteiger partial charge in [0.05, 0.1) is 42.5 Å². The second-order valence-corrected chi connectivity index (χ2v) is 11.0. The molecule has 218 valence electrons. The average molecular weight is 566 g/mol. The van der Waals surface area contributed by atoms with E-state index in [9.17, 15) is 27.2 Å². The lowest BCUT2D eigenvalue weighted by Crippen LogP contribution is -2.51. The molecule has 1 saturated heterocycles. The Kier molecular flexibility index (Phi) is 7.89. The van der Waals surface area contributed by atoms with E-state index in [1.807, 2.05) is 19.1 Å². The second-order valence-electron chi connectivity index (χ2n) is 11.0. The number of carbonyl (C=O) groups excluding carboxylic acids is 2. The van der Waals surface area contributed by atoms with Crippen molar-refractivity contribution in [3.05, 3.63) is 53.0 Å². The van der Waals surface area contributed by atoms with Crippen LogP contribution in [0.3, 0.4) is 0 Å². The molecule has 0 radical (unpaired) electrons. The molecular weight excluding hydrogens is 530 g/mol. The largest absolute Gasteiger partial charge is 0.481 e. The number of pyridine rings is 1. The van der Waals surface area contributed by atoms with E-state index in [1.54, 1.807) is 19.2 Å². The lowest BCUT2D eigenvalue weighted by Gasteiger charge is -2.47. The molecule has 6 rings (SSSR count). The summed E-state index contributed by atoms with van der Waals surface area (Å²) in [7, 11) is 1.62. The van der Waals surface area contributed by atoms with Crippen LogP contribution in [-0.2, 0) is 26.2 Å². The molecule has 1 saturated carbocycles. The highest BCUT2D eigenvalue weighted by Gasteiger charge is 2.54. The number of hydrogen-bond donors (Lipinski definition) is 2. The number of nitrogens with zero attached hydrogens (tertiary/aromatic N) is 1. The zero-order chi connectivity index (χ0) is 28.7. The van der Waals surface area contributed by atoms with Gasteiger partial charge in [0, 0.05) is 37.9 Å². The van der Waals surface area contributed by atoms with Gasteiger partial charge in [-0.1, -0.05) is 18.6 Å². The van der Waals surface area contributed by atoms with E-state index in [0.717, 1.165) is 17.8 Å². The Morgan fingerprint density at radius 1 is 1.25 bits per heavy atom. The van der Waals surface area contributed by atoms with E-state index in [0.29, 0.717) is 29.8 Å². The van der Waals surface area contributed by atoms with Gasteiger partial charge in [-0.3, -0.25) is 9.59 Å². The lowest BCUT2D eigenvalue weighted by molar-refractivity contribution is -0.215. The van der Waals surface area contributed by atoms with Gasteiger partial charge >= 0.3 is 6.18 Å². The Balaban J connectivity index is 0.000000249. The number of halogens is 4. The molecule has 2 aromatic rings. The van der Waals surface area contributed by atoms with Crippen molar-refractivity contribution in [2.24, 2.45) is 17.8 Å². The summed E-state index contributed by atoms with van der Waals surface area (Å²) in [6.07, 6.45) is -2.63. The number of hydrogen-bond acceptors (Lipinski definition) is 7. The Bertz CT molecular complexity index is 1290. The SMILES string of the molecule is COc1ccc2c(n1)C(C)NN2.O=C(CC1Cc2cccc(F)c2C2(CCC2)C1=O)C1CCOCC1C(F)(F)F.[HH]. The molecule has 4 unspecified atom stereocenters. The summed E-state index contributed by atoms with van der Waals surface area (Å²) < 4.78 is 64.3. The van der Waals surface area contributed by atoms with Crippen molar-refractivity contribution in [2.75, 3.05) is 25.7 Å². The minimum Gasteiger partial charge on any atom is -0.481 e. The summed E-state index contributed by atoms with van der Waals surface area (Å²) in [4.78, 5) is 30.3. The van der Waals surface area contributed by atoms with Gasteiger partial charge < -0.3 is 14.9 Å². The number of nitrogens with one attached hydrogen (secondary N) is 2. The predicted octanol–water partition coefficient (Wildman–Crippen LogP) is 5.49. The molecule has 1 aromatic carbocycles. The molecule has 3 heterocycles. The second kappa shape index (κ2) is 11.1. The first-order valence-electron chi connectivity index (χ1n) is 13.6. The molecule has 4 atom stereocenters. The molecule has 2 N–H and O–H groups in total. The molecule has 2 aliphatic carbocycles. The Labute approximate surface area is 231 Å². The predicted molar refractivity (Wildman–Crippen MR) is 140 cm³/mol. The van der Waals surface area contributed by atoms with Crippen molar-refractivity contribution in [3.8, 4) is 5.88 Å². The number of Topliss-reactive ketones (excluding diaryl/α,β-unsaturated/α-hetero) is 2. The van der Waals surface area contributed by atoms with E-state index in [2.05, 4.69) is 15.8 Å². The van der Waals surface area contributed by atoms with Crippen molar-refractivity contribution < 1.29 is 38.1 Å². The van der Waals surface area contributed by atoms with Crippen LogP contribution in [0.2, 0.25) is 0 Å². The number of hydrazine groups is 1. The summed E-state index contributed by atoms with van der Waals surface area (Å²) in [6, 6.07) is 8.72. The van der Waals surface area contributed by atoms with Gasteiger partial charge in [-0.15, -0.1) is 0 Å². The van der Waals surface area contributed by atoms with Crippen molar-refractivity contribution in [2.45, 2.75) is 63.1 Å². The first-order valence-corrected chi connectivity index (χ1v) is 13.6. The number of carbonyl (C=O) groups is 2. The van der Waals surface area contributed by atoms with Crippen LogP contribution in [0.25, 0.3) is 0 Å². The highest BCUT2D eigenvalue weighted by atomic mass is 19.4. The fourth-order valence-electron chi connectivity index (χ4n) is 6.44. The van der Waals surface area contributed by atoms with E-state index in [4.69, 9.17) is 9.47 Å². The maximum Gasteiger partial charge on any atom is 0.394 e. The molecule has 2 fully saturated rings. The number of ketones is 2. The number of fused-ring (bicyclic) bond motifs is 3. The topological polar surface area (TPSA) is 89.5 Å². The maximum atomic E-state index is 14.5. The quantitative estimate of drug-likeness (QED) is 0.474. The van der Waals surface area contributed by atoms with E-state index in [-0.39, 0.29) is 39.1 Å². The highest BCUT2D eigenvalue weighted by Crippen LogP contribution is 2.52. The maximum absolute atomic E-state index is 14.5. The zero-order valence-corrected chi connectivity index (χ0v) is 22.4. The summed E-state index contributed by atoms with van der Waals surface area (Å²) >= 11 is 0. The van der Waals surface area contributed by atoms with Crippen molar-refractivity contribution in [1.29, 1.82) is 0 Å². The minimum atomic E-state index is -4.51. The van der Waals surface area contributed by atoms with Gasteiger partial charge in [0.25, 0.3) is 0 Å². The van der Waals surface area contributed by atoms with Crippen LogP contribution in [0.4, 0.5) is 23.2 Å². The van der Waals surface area contributed by atoms with Gasteiger partial charge in [-0.25, -0.2) is 14.8 Å². The summed E-state index contributed by atoms with van der Waals surface area (Å²) in [5.41, 5.74) is 8.39. The molecule has 40 heavy (non-hydrogen) atoms. The van der Waals surface area contributed by atoms with Crippen molar-refractivity contribution in [3.63, 3.8) is 0 Å². The number of aromatic nitrogens is 1.